The van der Waals surface area contributed by atoms with Crippen LogP contribution >= 0.6 is 0 Å². The van der Waals surface area contributed by atoms with Crippen molar-refractivity contribution in [2.24, 2.45) is 0 Å². The number of benzene rings is 1. The lowest BCUT2D eigenvalue weighted by Gasteiger charge is -2.03. The highest BCUT2D eigenvalue weighted by atomic mass is 15.0. The quantitative estimate of drug-likeness (QED) is 0.746. The van der Waals surface area contributed by atoms with Gasteiger partial charge in [-0.1, -0.05) is 50.1 Å². The lowest BCUT2D eigenvalue weighted by atomic mass is 10.2. The molecule has 1 N–H and O–H groups in total. The molecule has 0 aromatic heterocycles. The third kappa shape index (κ3) is 3.35. The van der Waals surface area contributed by atoms with Gasteiger partial charge in [0.2, 0.25) is 0 Å². The van der Waals surface area contributed by atoms with Crippen molar-refractivity contribution in [1.82, 2.24) is 5.32 Å². The van der Waals surface area contributed by atoms with Gasteiger partial charge in [0.25, 0.3) is 0 Å². The van der Waals surface area contributed by atoms with Gasteiger partial charge >= 0.3 is 0 Å². The third-order valence-corrected chi connectivity index (χ3v) is 3.05. The van der Waals surface area contributed by atoms with Crippen LogP contribution in [-0.4, -0.2) is 6.04 Å². The summed E-state index contributed by atoms with van der Waals surface area (Å²) in [4.78, 5) is 0. The maximum absolute atomic E-state index is 3.59. The van der Waals surface area contributed by atoms with E-state index in [1.54, 1.807) is 5.92 Å². The summed E-state index contributed by atoms with van der Waals surface area (Å²) in [5.74, 6) is 1.73. The Labute approximate surface area is 92.9 Å². The Balaban J connectivity index is 1.64. The van der Waals surface area contributed by atoms with Crippen LogP contribution in [-0.2, 0) is 6.54 Å². The summed E-state index contributed by atoms with van der Waals surface area (Å²) in [6.07, 6.45) is 5.32. The molecule has 0 saturated heterocycles. The van der Waals surface area contributed by atoms with Crippen LogP contribution in [0.1, 0.15) is 38.2 Å². The number of hydrogen-bond donors (Lipinski definition) is 1. The molecular formula is C14H20N. The Morgan fingerprint density at radius 2 is 2.07 bits per heavy atom. The van der Waals surface area contributed by atoms with E-state index in [2.05, 4.69) is 42.6 Å². The molecule has 1 atom stereocenters. The molecule has 1 radical (unpaired) electrons. The molecule has 1 unspecified atom stereocenters. The molecule has 1 fully saturated rings. The Hall–Kier alpha value is -0.820. The van der Waals surface area contributed by atoms with Gasteiger partial charge in [0.15, 0.2) is 0 Å². The minimum atomic E-state index is 0.719. The fraction of sp³-hybridized carbons (Fsp3) is 0.500. The van der Waals surface area contributed by atoms with E-state index in [4.69, 9.17) is 0 Å². The van der Waals surface area contributed by atoms with Gasteiger partial charge in [-0.15, -0.1) is 0 Å². The monoisotopic (exact) mass is 202 g/mol. The van der Waals surface area contributed by atoms with Crippen LogP contribution in [0.2, 0.25) is 0 Å². The smallest absolute Gasteiger partial charge is 0.0208 e. The lowest BCUT2D eigenvalue weighted by molar-refractivity contribution is 0.671. The van der Waals surface area contributed by atoms with Gasteiger partial charge in [-0.05, 0) is 24.3 Å². The van der Waals surface area contributed by atoms with Gasteiger partial charge in [0.1, 0.15) is 0 Å². The number of unbranched alkanes of at least 4 members (excludes halogenated alkanes) is 1. The number of hydrogen-bond acceptors (Lipinski definition) is 1. The van der Waals surface area contributed by atoms with Gasteiger partial charge in [0.05, 0.1) is 0 Å². The SMILES string of the molecule is CCCC[C]1CC1NCc1ccccc1. The molecular weight excluding hydrogens is 182 g/mol. The predicted octanol–water partition coefficient (Wildman–Crippen LogP) is 3.31. The number of nitrogens with one attached hydrogen (secondary N) is 1. The molecule has 1 aromatic carbocycles. The maximum atomic E-state index is 3.59. The second-order valence-electron chi connectivity index (χ2n) is 4.39. The minimum Gasteiger partial charge on any atom is -0.309 e. The van der Waals surface area contributed by atoms with Crippen LogP contribution in [0.3, 0.4) is 0 Å². The van der Waals surface area contributed by atoms with Crippen LogP contribution in [0.25, 0.3) is 0 Å². The summed E-state index contributed by atoms with van der Waals surface area (Å²) >= 11 is 0. The summed E-state index contributed by atoms with van der Waals surface area (Å²) in [5, 5.41) is 3.59. The molecule has 1 heteroatoms. The van der Waals surface area contributed by atoms with Crippen molar-refractivity contribution >= 4 is 0 Å². The topological polar surface area (TPSA) is 12.0 Å². The van der Waals surface area contributed by atoms with Gasteiger partial charge < -0.3 is 5.32 Å². The van der Waals surface area contributed by atoms with E-state index in [1.807, 2.05) is 0 Å². The van der Waals surface area contributed by atoms with Crippen molar-refractivity contribution in [3.05, 3.63) is 41.8 Å². The summed E-state index contributed by atoms with van der Waals surface area (Å²) in [5.41, 5.74) is 1.39. The largest absolute Gasteiger partial charge is 0.309 e. The lowest BCUT2D eigenvalue weighted by Crippen LogP contribution is -2.17. The minimum absolute atomic E-state index is 0.719. The van der Waals surface area contributed by atoms with Crippen molar-refractivity contribution in [3.63, 3.8) is 0 Å². The molecule has 15 heavy (non-hydrogen) atoms. The highest BCUT2D eigenvalue weighted by Crippen LogP contribution is 2.37. The van der Waals surface area contributed by atoms with Gasteiger partial charge in [-0.3, -0.25) is 0 Å². The van der Waals surface area contributed by atoms with Crippen LogP contribution in [0.15, 0.2) is 30.3 Å². The van der Waals surface area contributed by atoms with E-state index < -0.39 is 0 Å². The summed E-state index contributed by atoms with van der Waals surface area (Å²) in [7, 11) is 0. The standard InChI is InChI=1S/C14H20N/c1-2-3-9-13-10-14(13)15-11-12-7-5-4-6-8-12/h4-8,14-15H,2-3,9-11H2,1H3. The first-order valence-corrected chi connectivity index (χ1v) is 6.02. The second kappa shape index (κ2) is 5.32. The van der Waals surface area contributed by atoms with E-state index in [0.29, 0.717) is 0 Å². The van der Waals surface area contributed by atoms with E-state index in [9.17, 15) is 0 Å². The predicted molar refractivity (Wildman–Crippen MR) is 64.5 cm³/mol. The Bertz CT molecular complexity index is 281. The van der Waals surface area contributed by atoms with Gasteiger partial charge in [0, 0.05) is 12.6 Å². The summed E-state index contributed by atoms with van der Waals surface area (Å²) in [6, 6.07) is 11.4. The molecule has 0 spiro atoms. The third-order valence-electron chi connectivity index (χ3n) is 3.05. The van der Waals surface area contributed by atoms with Gasteiger partial charge in [-0.2, -0.15) is 0 Å². The van der Waals surface area contributed by atoms with Gasteiger partial charge in [-0.25, -0.2) is 0 Å². The Kier molecular flexibility index (Phi) is 3.79. The van der Waals surface area contributed by atoms with E-state index in [0.717, 1.165) is 12.6 Å². The average molecular weight is 202 g/mol. The average Bonchev–Trinajstić information content (AvgIpc) is 3.04. The van der Waals surface area contributed by atoms with E-state index in [-0.39, 0.29) is 0 Å². The van der Waals surface area contributed by atoms with Crippen molar-refractivity contribution in [2.45, 2.75) is 45.2 Å². The number of rotatable bonds is 6. The normalized spacial score (nSPS) is 20.5. The molecule has 0 heterocycles. The fourth-order valence-corrected chi connectivity index (χ4v) is 1.94. The molecule has 81 valence electrons. The zero-order valence-corrected chi connectivity index (χ0v) is 9.50. The zero-order chi connectivity index (χ0) is 10.5. The molecule has 0 aliphatic heterocycles. The summed E-state index contributed by atoms with van der Waals surface area (Å²) < 4.78 is 0. The maximum Gasteiger partial charge on any atom is 0.0208 e. The van der Waals surface area contributed by atoms with E-state index in [1.165, 1.54) is 31.2 Å². The Morgan fingerprint density at radius 1 is 1.27 bits per heavy atom. The van der Waals surface area contributed by atoms with Crippen molar-refractivity contribution < 1.29 is 0 Å². The van der Waals surface area contributed by atoms with Crippen LogP contribution in [0.5, 0.6) is 0 Å². The molecule has 1 aliphatic carbocycles. The highest BCUT2D eigenvalue weighted by Gasteiger charge is 2.35. The molecule has 1 saturated carbocycles. The van der Waals surface area contributed by atoms with E-state index >= 15 is 0 Å². The first kappa shape index (κ1) is 10.7. The first-order chi connectivity index (χ1) is 7.40. The van der Waals surface area contributed by atoms with Crippen LogP contribution < -0.4 is 5.32 Å². The zero-order valence-electron chi connectivity index (χ0n) is 9.50. The molecule has 1 aromatic rings. The fourth-order valence-electron chi connectivity index (χ4n) is 1.94. The van der Waals surface area contributed by atoms with Crippen molar-refractivity contribution in [2.75, 3.05) is 0 Å². The van der Waals surface area contributed by atoms with Crippen molar-refractivity contribution in [3.8, 4) is 0 Å². The van der Waals surface area contributed by atoms with Crippen LogP contribution in [0, 0.1) is 5.92 Å². The molecule has 1 aliphatic rings. The molecule has 1 nitrogen and oxygen atoms in total. The molecule has 2 rings (SSSR count). The van der Waals surface area contributed by atoms with Crippen LogP contribution in [0.4, 0.5) is 0 Å². The molecule has 0 bridgehead atoms. The summed E-state index contributed by atoms with van der Waals surface area (Å²) in [6.45, 7) is 3.27. The highest BCUT2D eigenvalue weighted by molar-refractivity contribution is 5.21. The van der Waals surface area contributed by atoms with Crippen molar-refractivity contribution in [1.29, 1.82) is 0 Å². The molecule has 0 amide bonds. The first-order valence-electron chi connectivity index (χ1n) is 6.02. The second-order valence-corrected chi connectivity index (χ2v) is 4.39. The Morgan fingerprint density at radius 3 is 2.80 bits per heavy atom.